The maximum atomic E-state index is 13.5. The molecule has 10 heteroatoms. The van der Waals surface area contributed by atoms with Crippen LogP contribution in [0.25, 0.3) is 0 Å². The third-order valence-electron chi connectivity index (χ3n) is 8.51. The predicted octanol–water partition coefficient (Wildman–Crippen LogP) is 6.72. The number of aryl methyl sites for hydroxylation is 1. The van der Waals surface area contributed by atoms with Gasteiger partial charge in [0.05, 0.1) is 11.6 Å². The van der Waals surface area contributed by atoms with Crippen molar-refractivity contribution in [1.29, 1.82) is 0 Å². The van der Waals surface area contributed by atoms with E-state index in [0.29, 0.717) is 36.6 Å². The van der Waals surface area contributed by atoms with Gasteiger partial charge in [-0.25, -0.2) is 4.79 Å². The first-order valence-corrected chi connectivity index (χ1v) is 16.5. The number of carbonyl (C=O) groups excluding carboxylic acids is 4. The van der Waals surface area contributed by atoms with Gasteiger partial charge in [-0.1, -0.05) is 99.5 Å². The Morgan fingerprint density at radius 3 is 2.52 bits per heavy atom. The lowest BCUT2D eigenvalue weighted by atomic mass is 9.76. The molecule has 8 nitrogen and oxygen atoms in total. The number of allylic oxidation sites excluding steroid dienone is 1. The molecule has 1 saturated carbocycles. The van der Waals surface area contributed by atoms with Crippen LogP contribution in [0.1, 0.15) is 81.6 Å². The van der Waals surface area contributed by atoms with Gasteiger partial charge in [-0.2, -0.15) is 0 Å². The molecule has 0 spiro atoms. The molecular weight excluding hydrogens is 598 g/mol. The first-order valence-electron chi connectivity index (χ1n) is 15.3. The number of carbonyl (C=O) groups is 4. The van der Waals surface area contributed by atoms with Crippen molar-refractivity contribution >= 4 is 47.7 Å². The average Bonchev–Trinajstić information content (AvgIpc) is 3.41. The fourth-order valence-corrected chi connectivity index (χ4v) is 7.02. The third-order valence-corrected chi connectivity index (χ3v) is 9.72. The second kappa shape index (κ2) is 15.6. The number of rotatable bonds is 12. The molecule has 2 aromatic rings. The lowest BCUT2D eigenvalue weighted by Gasteiger charge is -2.35. The van der Waals surface area contributed by atoms with Crippen LogP contribution in [0.5, 0.6) is 0 Å². The number of halogens is 1. The molecule has 3 N–H and O–H groups in total. The summed E-state index contributed by atoms with van der Waals surface area (Å²) < 4.78 is 8.89. The first-order chi connectivity index (χ1) is 21.1. The predicted molar refractivity (Wildman–Crippen MR) is 174 cm³/mol. The zero-order chi connectivity index (χ0) is 31.7. The van der Waals surface area contributed by atoms with Crippen molar-refractivity contribution in [2.75, 3.05) is 6.54 Å². The van der Waals surface area contributed by atoms with Gasteiger partial charge in [-0.05, 0) is 67.0 Å². The summed E-state index contributed by atoms with van der Waals surface area (Å²) in [5, 5.41) is 5.36. The smallest absolute Gasteiger partial charge is 0.417 e. The first kappa shape index (κ1) is 33.6. The van der Waals surface area contributed by atoms with Crippen molar-refractivity contribution in [3.8, 4) is 0 Å². The summed E-state index contributed by atoms with van der Waals surface area (Å²) in [6.07, 6.45) is 7.23. The Labute approximate surface area is 269 Å². The molecule has 2 aromatic carbocycles. The van der Waals surface area contributed by atoms with Gasteiger partial charge < -0.3 is 15.4 Å². The summed E-state index contributed by atoms with van der Waals surface area (Å²) in [7, 11) is 0. The van der Waals surface area contributed by atoms with Crippen molar-refractivity contribution < 1.29 is 23.9 Å². The Morgan fingerprint density at radius 1 is 1.11 bits per heavy atom. The summed E-state index contributed by atoms with van der Waals surface area (Å²) in [6.45, 7) is 6.52. The lowest BCUT2D eigenvalue weighted by Crippen LogP contribution is -2.38. The highest BCUT2D eigenvalue weighted by molar-refractivity contribution is 7.99. The Bertz CT molecular complexity index is 1370. The minimum atomic E-state index is -0.674. The lowest BCUT2D eigenvalue weighted by molar-refractivity contribution is -0.122. The third kappa shape index (κ3) is 9.11. The molecule has 0 radical (unpaired) electrons. The second-order valence-electron chi connectivity index (χ2n) is 12.3. The Hall–Kier alpha value is -3.30. The molecular formula is C34H42ClN3O5S. The minimum Gasteiger partial charge on any atom is -0.440 e. The number of ether oxygens (including phenoxy) is 1. The van der Waals surface area contributed by atoms with Gasteiger partial charge in [0, 0.05) is 17.0 Å². The van der Waals surface area contributed by atoms with E-state index in [4.69, 9.17) is 16.3 Å². The van der Waals surface area contributed by atoms with Crippen LogP contribution in [0, 0.1) is 18.8 Å². The van der Waals surface area contributed by atoms with Gasteiger partial charge in [-0.15, -0.1) is 0 Å². The molecule has 1 aliphatic carbocycles. The van der Waals surface area contributed by atoms with Gasteiger partial charge in [0.15, 0.2) is 6.29 Å². The van der Waals surface area contributed by atoms with Crippen LogP contribution in [0.15, 0.2) is 60.3 Å². The fourth-order valence-electron chi connectivity index (χ4n) is 6.01. The zero-order valence-corrected chi connectivity index (χ0v) is 27.1. The van der Waals surface area contributed by atoms with E-state index in [1.54, 1.807) is 6.07 Å². The molecule has 236 valence electrons. The molecule has 3 amide bonds. The summed E-state index contributed by atoms with van der Waals surface area (Å²) in [4.78, 5) is 50.7. The average molecular weight is 640 g/mol. The van der Waals surface area contributed by atoms with E-state index in [2.05, 4.69) is 15.4 Å². The maximum Gasteiger partial charge on any atom is 0.417 e. The van der Waals surface area contributed by atoms with Crippen molar-refractivity contribution in [1.82, 2.24) is 15.4 Å². The van der Waals surface area contributed by atoms with Crippen molar-refractivity contribution in [2.24, 2.45) is 11.8 Å². The SMILES string of the molecule is Cc1cccc(C(OC(=O)NS[C@@H](CC2CCCCC2)C(=O)N/C(C=O)=C/[C@@H]2CCNC2=O)C(C)(C)c2cccc(Cl)c2)c1. The van der Waals surface area contributed by atoms with E-state index in [1.165, 1.54) is 12.5 Å². The van der Waals surface area contributed by atoms with Crippen LogP contribution in [-0.2, 0) is 24.5 Å². The number of benzene rings is 2. The van der Waals surface area contributed by atoms with E-state index >= 15 is 0 Å². The Balaban J connectivity index is 1.50. The molecule has 3 atom stereocenters. The summed E-state index contributed by atoms with van der Waals surface area (Å²) in [5.74, 6) is -0.697. The topological polar surface area (TPSA) is 114 Å². The second-order valence-corrected chi connectivity index (χ2v) is 13.7. The van der Waals surface area contributed by atoms with Crippen LogP contribution in [0.4, 0.5) is 4.79 Å². The van der Waals surface area contributed by atoms with E-state index in [9.17, 15) is 19.2 Å². The normalized spacial score (nSPS) is 19.0. The molecule has 1 aliphatic heterocycles. The highest BCUT2D eigenvalue weighted by atomic mass is 35.5. The van der Waals surface area contributed by atoms with Crippen molar-refractivity contribution in [3.63, 3.8) is 0 Å². The molecule has 0 aromatic heterocycles. The molecule has 44 heavy (non-hydrogen) atoms. The van der Waals surface area contributed by atoms with Crippen molar-refractivity contribution in [2.45, 2.75) is 82.5 Å². The van der Waals surface area contributed by atoms with Crippen LogP contribution in [0.3, 0.4) is 0 Å². The van der Waals surface area contributed by atoms with Gasteiger partial charge in [0.25, 0.3) is 0 Å². The molecule has 1 heterocycles. The van der Waals surface area contributed by atoms with Gasteiger partial charge in [-0.3, -0.25) is 19.1 Å². The molecule has 1 unspecified atom stereocenters. The number of nitrogens with one attached hydrogen (secondary N) is 3. The highest BCUT2D eigenvalue weighted by Gasteiger charge is 2.37. The molecule has 4 rings (SSSR count). The highest BCUT2D eigenvalue weighted by Crippen LogP contribution is 2.41. The van der Waals surface area contributed by atoms with E-state index < -0.39 is 34.7 Å². The van der Waals surface area contributed by atoms with Crippen molar-refractivity contribution in [3.05, 3.63) is 82.0 Å². The van der Waals surface area contributed by atoms with E-state index in [-0.39, 0.29) is 11.6 Å². The molecule has 2 fully saturated rings. The van der Waals surface area contributed by atoms with Gasteiger partial charge in [0.2, 0.25) is 11.8 Å². The van der Waals surface area contributed by atoms with Crippen LogP contribution >= 0.6 is 23.5 Å². The Kier molecular flexibility index (Phi) is 11.9. The summed E-state index contributed by atoms with van der Waals surface area (Å²) in [5.41, 5.74) is 2.19. The summed E-state index contributed by atoms with van der Waals surface area (Å²) in [6, 6.07) is 15.4. The fraction of sp³-hybridized carbons (Fsp3) is 0.471. The molecule has 0 bridgehead atoms. The van der Waals surface area contributed by atoms with Crippen LogP contribution in [0.2, 0.25) is 5.02 Å². The molecule has 2 aliphatic rings. The van der Waals surface area contributed by atoms with Gasteiger partial charge in [0.1, 0.15) is 11.4 Å². The van der Waals surface area contributed by atoms with Gasteiger partial charge >= 0.3 is 6.09 Å². The maximum absolute atomic E-state index is 13.5. The van der Waals surface area contributed by atoms with E-state index in [1.807, 2.05) is 63.2 Å². The Morgan fingerprint density at radius 2 is 1.86 bits per heavy atom. The zero-order valence-electron chi connectivity index (χ0n) is 25.6. The van der Waals surface area contributed by atoms with Crippen LogP contribution < -0.4 is 15.4 Å². The van der Waals surface area contributed by atoms with E-state index in [0.717, 1.165) is 54.3 Å². The standard InChI is InChI=1S/C34H42ClN3O5S/c1-22-9-7-12-24(17-22)30(34(2,3)26-13-8-14-27(35)20-26)43-33(42)38-44-29(18-23-10-5-4-6-11-23)32(41)37-28(21-39)19-25-15-16-36-31(25)40/h7-9,12-14,17,19-21,23,25,29-30H,4-6,10-11,15-16,18H2,1-3H3,(H,36,40)(H,37,41)(H,38,42)/b28-19+/t25-,29-,30?/m0/s1. The number of aldehydes is 1. The number of hydrogen-bond donors (Lipinski definition) is 3. The number of amides is 3. The van der Waals surface area contributed by atoms with Crippen LogP contribution in [-0.4, -0.2) is 36.0 Å². The summed E-state index contributed by atoms with van der Waals surface area (Å²) >= 11 is 7.32. The number of hydrogen-bond acceptors (Lipinski definition) is 6. The largest absolute Gasteiger partial charge is 0.440 e. The minimum absolute atomic E-state index is 0.0525. The quantitative estimate of drug-likeness (QED) is 0.135. The monoisotopic (exact) mass is 639 g/mol. The molecule has 1 saturated heterocycles.